The van der Waals surface area contributed by atoms with Crippen molar-refractivity contribution in [3.8, 4) is 17.2 Å². The predicted molar refractivity (Wildman–Crippen MR) is 228 cm³/mol. The molecule has 1 saturated carbocycles. The van der Waals surface area contributed by atoms with E-state index in [-0.39, 0.29) is 60.8 Å². The standard InChI is InChI=1S/C46H49N3O10S/c1-2-25-56-46-43(60-37-14-4-3-5-15-37)29-41(47-57-30-31-17-19-33(20-18-31)48(52)53)39-26-32(11-6-8-23-50)38(16-7-9-24-51)44(45(39)46)40-28-36(21-22-42(40)59-46)58-35-13-10-12-34(27-35)49(54)55/h2-5,10,12-15,17-22,26-28,32,38,43-45,50-51H,1,6-9,11,16,23-25,29-30H2/t32-,38+,43-,44+,45+,46+/m0/s1. The van der Waals surface area contributed by atoms with Gasteiger partial charge in [0.15, 0.2) is 0 Å². The van der Waals surface area contributed by atoms with Crippen molar-refractivity contribution in [2.45, 2.75) is 73.4 Å². The molecule has 13 nitrogen and oxygen atoms in total. The molecule has 1 aliphatic heterocycles. The molecule has 7 rings (SSSR count). The number of benzene rings is 4. The number of nitrogens with zero attached hydrogens (tertiary/aromatic N) is 3. The number of hydrogen-bond donors (Lipinski definition) is 2. The van der Waals surface area contributed by atoms with Crippen LogP contribution >= 0.6 is 11.8 Å². The van der Waals surface area contributed by atoms with Gasteiger partial charge in [-0.2, -0.15) is 0 Å². The van der Waals surface area contributed by atoms with Crippen LogP contribution < -0.4 is 9.47 Å². The van der Waals surface area contributed by atoms with Gasteiger partial charge in [0.25, 0.3) is 11.4 Å². The van der Waals surface area contributed by atoms with E-state index in [2.05, 4.69) is 24.8 Å². The number of nitro groups is 2. The van der Waals surface area contributed by atoms with E-state index >= 15 is 0 Å². The van der Waals surface area contributed by atoms with E-state index in [1.54, 1.807) is 48.2 Å². The number of aliphatic hydroxyl groups excluding tert-OH is 2. The van der Waals surface area contributed by atoms with Gasteiger partial charge >= 0.3 is 0 Å². The zero-order valence-electron chi connectivity index (χ0n) is 33.2. The molecule has 4 aromatic rings. The minimum atomic E-state index is -1.21. The van der Waals surface area contributed by atoms with Crippen LogP contribution in [-0.4, -0.2) is 56.6 Å². The van der Waals surface area contributed by atoms with Crippen LogP contribution in [0.4, 0.5) is 11.4 Å². The number of rotatable bonds is 20. The molecule has 314 valence electrons. The first-order valence-electron chi connectivity index (χ1n) is 20.3. The Labute approximate surface area is 353 Å². The molecular weight excluding hydrogens is 787 g/mol. The van der Waals surface area contributed by atoms with E-state index in [1.807, 2.05) is 30.3 Å². The van der Waals surface area contributed by atoms with Crippen molar-refractivity contribution in [2.75, 3.05) is 19.8 Å². The maximum atomic E-state index is 11.6. The number of oxime groups is 1. The molecule has 4 aromatic carbocycles. The number of ether oxygens (including phenoxy) is 3. The summed E-state index contributed by atoms with van der Waals surface area (Å²) in [5.74, 6) is -0.251. The number of allylic oxidation sites excluding steroid dienone is 1. The topological polar surface area (TPSA) is 176 Å². The fourth-order valence-corrected chi connectivity index (χ4v) is 10.2. The Bertz CT molecular complexity index is 2200. The Kier molecular flexibility index (Phi) is 14.0. The second-order valence-corrected chi connectivity index (χ2v) is 16.5. The van der Waals surface area contributed by atoms with Crippen molar-refractivity contribution in [3.05, 3.63) is 153 Å². The first-order valence-corrected chi connectivity index (χ1v) is 21.2. The van der Waals surface area contributed by atoms with Gasteiger partial charge in [0.2, 0.25) is 5.79 Å². The molecule has 1 heterocycles. The molecule has 60 heavy (non-hydrogen) atoms. The van der Waals surface area contributed by atoms with Crippen molar-refractivity contribution in [1.82, 2.24) is 0 Å². The van der Waals surface area contributed by atoms with Crippen LogP contribution in [0.1, 0.15) is 62.0 Å². The Balaban J connectivity index is 1.38. The summed E-state index contributed by atoms with van der Waals surface area (Å²) >= 11 is 1.65. The monoisotopic (exact) mass is 835 g/mol. The maximum Gasteiger partial charge on any atom is 0.273 e. The molecule has 0 saturated heterocycles. The Morgan fingerprint density at radius 3 is 2.32 bits per heavy atom. The van der Waals surface area contributed by atoms with Crippen LogP contribution in [0, 0.1) is 38.0 Å². The van der Waals surface area contributed by atoms with Crippen molar-refractivity contribution >= 4 is 28.8 Å². The molecule has 6 atom stereocenters. The summed E-state index contributed by atoms with van der Waals surface area (Å²) in [4.78, 5) is 29.1. The third kappa shape index (κ3) is 9.42. The second-order valence-electron chi connectivity index (χ2n) is 15.2. The largest absolute Gasteiger partial charge is 0.460 e. The zero-order chi connectivity index (χ0) is 42.1. The molecule has 0 bridgehead atoms. The van der Waals surface area contributed by atoms with Gasteiger partial charge in [-0.3, -0.25) is 20.2 Å². The minimum absolute atomic E-state index is 0.00982. The Hall–Kier alpha value is -5.54. The average Bonchev–Trinajstić information content (AvgIpc) is 3.25. The lowest BCUT2D eigenvalue weighted by Gasteiger charge is -2.58. The summed E-state index contributed by atoms with van der Waals surface area (Å²) in [5.41, 5.74) is 3.23. The lowest BCUT2D eigenvalue weighted by atomic mass is 9.56. The van der Waals surface area contributed by atoms with Crippen LogP contribution in [0.5, 0.6) is 17.2 Å². The first-order chi connectivity index (χ1) is 29.2. The summed E-state index contributed by atoms with van der Waals surface area (Å²) in [5, 5.41) is 47.2. The highest BCUT2D eigenvalue weighted by Crippen LogP contribution is 2.63. The summed E-state index contributed by atoms with van der Waals surface area (Å²) < 4.78 is 20.6. The number of hydrogen-bond acceptors (Lipinski definition) is 12. The van der Waals surface area contributed by atoms with Crippen LogP contribution in [-0.2, 0) is 16.2 Å². The molecule has 1 fully saturated rings. The molecule has 0 aromatic heterocycles. The fraction of sp³-hybridized carbons (Fsp3) is 0.370. The normalized spacial score (nSPS) is 23.4. The molecular formula is C46H49N3O10S. The van der Waals surface area contributed by atoms with E-state index in [0.29, 0.717) is 36.5 Å². The molecule has 0 unspecified atom stereocenters. The van der Waals surface area contributed by atoms with Gasteiger partial charge in [-0.05, 0) is 97.2 Å². The average molecular weight is 836 g/mol. The first kappa shape index (κ1) is 42.6. The summed E-state index contributed by atoms with van der Waals surface area (Å²) in [7, 11) is 0. The van der Waals surface area contributed by atoms with Gasteiger partial charge in [-0.25, -0.2) is 0 Å². The number of aliphatic hydroxyl groups is 2. The molecule has 14 heteroatoms. The van der Waals surface area contributed by atoms with E-state index in [9.17, 15) is 30.4 Å². The smallest absolute Gasteiger partial charge is 0.273 e. The third-order valence-corrected chi connectivity index (χ3v) is 12.8. The highest BCUT2D eigenvalue weighted by molar-refractivity contribution is 8.00. The molecule has 0 amide bonds. The highest BCUT2D eigenvalue weighted by Gasteiger charge is 2.64. The molecule has 2 N–H and O–H groups in total. The lowest BCUT2D eigenvalue weighted by molar-refractivity contribution is -0.385. The second kappa shape index (κ2) is 19.7. The third-order valence-electron chi connectivity index (χ3n) is 11.5. The molecule has 3 aliphatic rings. The van der Waals surface area contributed by atoms with Crippen LogP contribution in [0.25, 0.3) is 0 Å². The number of unbranched alkanes of at least 4 members (excludes halogenated alkanes) is 2. The van der Waals surface area contributed by atoms with E-state index in [0.717, 1.165) is 53.0 Å². The SMILES string of the molecule is C=CCO[C@@]12Oc3ccc(Oc4cccc([N+](=O)[O-])c4)cc3[C@H]3[C@H](CCCCO)[C@@H](CCCCO)C=C(C(=NOCc4ccc([N+](=O)[O-])cc4)C[C@@H]1Sc1ccccc1)[C@H]32. The van der Waals surface area contributed by atoms with Gasteiger partial charge in [0.05, 0.1) is 39.4 Å². The van der Waals surface area contributed by atoms with E-state index in [1.165, 1.54) is 24.3 Å². The molecule has 0 spiro atoms. The number of nitro benzene ring substituents is 2. The Morgan fingerprint density at radius 1 is 0.867 bits per heavy atom. The van der Waals surface area contributed by atoms with Crippen molar-refractivity contribution < 1.29 is 39.1 Å². The Morgan fingerprint density at radius 2 is 1.60 bits per heavy atom. The van der Waals surface area contributed by atoms with Crippen LogP contribution in [0.2, 0.25) is 0 Å². The van der Waals surface area contributed by atoms with Gasteiger partial charge in [0.1, 0.15) is 23.9 Å². The van der Waals surface area contributed by atoms with Gasteiger partial charge < -0.3 is 29.3 Å². The maximum absolute atomic E-state index is 11.6. The van der Waals surface area contributed by atoms with Crippen molar-refractivity contribution in [1.29, 1.82) is 0 Å². The predicted octanol–water partition coefficient (Wildman–Crippen LogP) is 9.92. The van der Waals surface area contributed by atoms with Crippen LogP contribution in [0.3, 0.4) is 0 Å². The quantitative estimate of drug-likeness (QED) is 0.0375. The van der Waals surface area contributed by atoms with Crippen molar-refractivity contribution in [2.24, 2.45) is 22.9 Å². The highest BCUT2D eigenvalue weighted by atomic mass is 32.2. The summed E-state index contributed by atoms with van der Waals surface area (Å²) in [6.07, 6.45) is 8.93. The molecule has 0 radical (unpaired) electrons. The van der Waals surface area contributed by atoms with Gasteiger partial charge in [0, 0.05) is 54.2 Å². The number of non-ortho nitro benzene ring substituents is 2. The summed E-state index contributed by atoms with van der Waals surface area (Å²) in [6, 6.07) is 28.0. The number of fused-ring (bicyclic) bond motifs is 2. The van der Waals surface area contributed by atoms with E-state index < -0.39 is 21.6 Å². The minimum Gasteiger partial charge on any atom is -0.460 e. The molecule has 2 aliphatic carbocycles. The zero-order valence-corrected chi connectivity index (χ0v) is 34.0. The summed E-state index contributed by atoms with van der Waals surface area (Å²) in [6.45, 7) is 4.47. The van der Waals surface area contributed by atoms with E-state index in [4.69, 9.17) is 24.2 Å². The lowest BCUT2D eigenvalue weighted by Crippen LogP contribution is -2.64. The van der Waals surface area contributed by atoms with Crippen molar-refractivity contribution in [3.63, 3.8) is 0 Å². The number of thioether (sulfide) groups is 1. The van der Waals surface area contributed by atoms with Gasteiger partial charge in [-0.1, -0.05) is 54.4 Å². The van der Waals surface area contributed by atoms with Crippen LogP contribution in [0.15, 0.2) is 131 Å². The fourth-order valence-electron chi connectivity index (χ4n) is 8.85. The van der Waals surface area contributed by atoms with Gasteiger partial charge in [-0.15, -0.1) is 18.3 Å².